The highest BCUT2D eigenvalue weighted by molar-refractivity contribution is 6.30. The van der Waals surface area contributed by atoms with Crippen LogP contribution in [-0.2, 0) is 27.5 Å². The van der Waals surface area contributed by atoms with Crippen LogP contribution in [0.15, 0.2) is 0 Å². The highest BCUT2D eigenvalue weighted by Gasteiger charge is 2.46. The van der Waals surface area contributed by atoms with Gasteiger partial charge in [-0.05, 0) is 0 Å². The van der Waals surface area contributed by atoms with Gasteiger partial charge in [-0.3, -0.25) is 14.3 Å². The number of alkyl halides is 3. The molecule has 1 aromatic rings. The minimum atomic E-state index is -4.76. The first kappa shape index (κ1) is 12.9. The van der Waals surface area contributed by atoms with Gasteiger partial charge < -0.3 is 4.74 Å². The number of aromatic nitrogens is 2. The third kappa shape index (κ3) is 1.96. The van der Waals surface area contributed by atoms with Crippen molar-refractivity contribution in [3.8, 4) is 0 Å². The minimum absolute atomic E-state index is 0.334. The number of hydrogen-bond donors (Lipinski definition) is 0. The summed E-state index contributed by atoms with van der Waals surface area (Å²) in [4.78, 5) is 22.2. The van der Waals surface area contributed by atoms with E-state index in [-0.39, 0.29) is 5.15 Å². The first-order valence-electron chi connectivity index (χ1n) is 4.76. The molecule has 18 heavy (non-hydrogen) atoms. The number of ether oxygens (including phenoxy) is 1. The monoisotopic (exact) mass is 282 g/mol. The Bertz CT molecular complexity index is 538. The van der Waals surface area contributed by atoms with Crippen LogP contribution in [0.2, 0.25) is 5.15 Å². The Kier molecular flexibility index (Phi) is 2.84. The molecule has 2 rings (SSSR count). The number of cyclic esters (lactones) is 2. The molecule has 2 heterocycles. The van der Waals surface area contributed by atoms with Crippen LogP contribution >= 0.6 is 11.6 Å². The molecule has 1 aliphatic heterocycles. The maximum absolute atomic E-state index is 12.7. The molecule has 0 radical (unpaired) electrons. The summed E-state index contributed by atoms with van der Waals surface area (Å²) < 4.78 is 43.3. The van der Waals surface area contributed by atoms with Crippen molar-refractivity contribution < 1.29 is 27.5 Å². The first-order valence-corrected chi connectivity index (χ1v) is 5.13. The van der Waals surface area contributed by atoms with E-state index in [0.717, 1.165) is 4.68 Å². The summed E-state index contributed by atoms with van der Waals surface area (Å²) in [5.41, 5.74) is -1.78. The van der Waals surface area contributed by atoms with Gasteiger partial charge in [-0.25, -0.2) is 0 Å². The number of carbonyl (C=O) groups excluding carboxylic acids is 2. The summed E-state index contributed by atoms with van der Waals surface area (Å²) in [6.45, 7) is 0. The molecule has 0 aromatic carbocycles. The van der Waals surface area contributed by atoms with Gasteiger partial charge >= 0.3 is 18.1 Å². The van der Waals surface area contributed by atoms with E-state index >= 15 is 0 Å². The zero-order valence-electron chi connectivity index (χ0n) is 8.92. The van der Waals surface area contributed by atoms with E-state index in [2.05, 4.69) is 9.84 Å². The summed E-state index contributed by atoms with van der Waals surface area (Å²) in [6, 6.07) is 0. The normalized spacial score (nSPS) is 20.4. The van der Waals surface area contributed by atoms with Gasteiger partial charge in [0.1, 0.15) is 5.15 Å². The molecular weight excluding hydrogens is 277 g/mol. The number of esters is 2. The second-order valence-corrected chi connectivity index (χ2v) is 4.08. The standard InChI is InChI=1S/C9H6ClF3N2O3/c1-15-7(10)5(6(14-15)9(11,12)13)3-2-4(16)18-8(3)17/h3H,2H2,1H3. The Morgan fingerprint density at radius 1 is 1.44 bits per heavy atom. The molecule has 1 aromatic heterocycles. The molecule has 0 spiro atoms. The quantitative estimate of drug-likeness (QED) is 0.580. The Hall–Kier alpha value is -1.57. The van der Waals surface area contributed by atoms with Crippen molar-refractivity contribution >= 4 is 23.5 Å². The van der Waals surface area contributed by atoms with Crippen molar-refractivity contribution in [3.63, 3.8) is 0 Å². The number of aryl methyl sites for hydroxylation is 1. The molecule has 0 N–H and O–H groups in total. The third-order valence-electron chi connectivity index (χ3n) is 2.50. The van der Waals surface area contributed by atoms with Gasteiger partial charge in [-0.2, -0.15) is 18.3 Å². The fourth-order valence-corrected chi connectivity index (χ4v) is 1.99. The van der Waals surface area contributed by atoms with Crippen LogP contribution in [0.25, 0.3) is 0 Å². The summed E-state index contributed by atoms with van der Waals surface area (Å²) in [7, 11) is 1.21. The molecule has 1 aliphatic rings. The summed E-state index contributed by atoms with van der Waals surface area (Å²) >= 11 is 5.69. The van der Waals surface area contributed by atoms with Crippen molar-refractivity contribution in [2.75, 3.05) is 0 Å². The van der Waals surface area contributed by atoms with Crippen molar-refractivity contribution in [3.05, 3.63) is 16.4 Å². The molecule has 5 nitrogen and oxygen atoms in total. The average Bonchev–Trinajstić information content (AvgIpc) is 2.68. The first-order chi connectivity index (χ1) is 8.21. The lowest BCUT2D eigenvalue weighted by atomic mass is 9.98. The maximum atomic E-state index is 12.7. The van der Waals surface area contributed by atoms with E-state index in [1.165, 1.54) is 7.05 Å². The van der Waals surface area contributed by atoms with Gasteiger partial charge in [0.2, 0.25) is 0 Å². The van der Waals surface area contributed by atoms with E-state index < -0.39 is 41.7 Å². The molecule has 1 fully saturated rings. The predicted octanol–water partition coefficient (Wildman–Crippen LogP) is 1.65. The van der Waals surface area contributed by atoms with Gasteiger partial charge in [0, 0.05) is 12.6 Å². The summed E-state index contributed by atoms with van der Waals surface area (Å²) in [5, 5.41) is 2.89. The largest absolute Gasteiger partial charge is 0.435 e. The molecule has 1 unspecified atom stereocenters. The Balaban J connectivity index is 2.56. The van der Waals surface area contributed by atoms with Crippen molar-refractivity contribution in [2.24, 2.45) is 7.05 Å². The van der Waals surface area contributed by atoms with Crippen molar-refractivity contribution in [2.45, 2.75) is 18.5 Å². The van der Waals surface area contributed by atoms with Crippen LogP contribution in [-0.4, -0.2) is 21.7 Å². The van der Waals surface area contributed by atoms with Crippen LogP contribution < -0.4 is 0 Å². The summed E-state index contributed by atoms with van der Waals surface area (Å²) in [5.74, 6) is -3.27. The van der Waals surface area contributed by atoms with Gasteiger partial charge in [0.25, 0.3) is 0 Å². The fourth-order valence-electron chi connectivity index (χ4n) is 1.73. The number of nitrogens with zero attached hydrogens (tertiary/aromatic N) is 2. The fraction of sp³-hybridized carbons (Fsp3) is 0.444. The zero-order chi connectivity index (χ0) is 13.7. The predicted molar refractivity (Wildman–Crippen MR) is 51.7 cm³/mol. The molecule has 0 amide bonds. The molecule has 0 saturated carbocycles. The number of carbonyl (C=O) groups is 2. The van der Waals surface area contributed by atoms with Crippen LogP contribution in [0.3, 0.4) is 0 Å². The molecule has 0 aliphatic carbocycles. The highest BCUT2D eigenvalue weighted by Crippen LogP contribution is 2.41. The van der Waals surface area contributed by atoms with E-state index in [9.17, 15) is 22.8 Å². The van der Waals surface area contributed by atoms with E-state index in [0.29, 0.717) is 0 Å². The second-order valence-electron chi connectivity index (χ2n) is 3.72. The molecule has 0 bridgehead atoms. The van der Waals surface area contributed by atoms with Crippen molar-refractivity contribution in [1.82, 2.24) is 9.78 Å². The third-order valence-corrected chi connectivity index (χ3v) is 2.95. The average molecular weight is 283 g/mol. The Morgan fingerprint density at radius 3 is 2.50 bits per heavy atom. The van der Waals surface area contributed by atoms with Crippen LogP contribution in [0.4, 0.5) is 13.2 Å². The second kappa shape index (κ2) is 3.98. The minimum Gasteiger partial charge on any atom is -0.393 e. The molecule has 9 heteroatoms. The van der Waals surface area contributed by atoms with Gasteiger partial charge in [-0.15, -0.1) is 0 Å². The smallest absolute Gasteiger partial charge is 0.393 e. The molecule has 98 valence electrons. The van der Waals surface area contributed by atoms with E-state index in [1.54, 1.807) is 0 Å². The lowest BCUT2D eigenvalue weighted by molar-refractivity contribution is -0.152. The number of rotatable bonds is 1. The van der Waals surface area contributed by atoms with E-state index in [4.69, 9.17) is 11.6 Å². The Morgan fingerprint density at radius 2 is 2.06 bits per heavy atom. The number of hydrogen-bond acceptors (Lipinski definition) is 4. The molecule has 1 saturated heterocycles. The van der Waals surface area contributed by atoms with E-state index in [1.807, 2.05) is 0 Å². The van der Waals surface area contributed by atoms with Crippen molar-refractivity contribution in [1.29, 1.82) is 0 Å². The highest BCUT2D eigenvalue weighted by atomic mass is 35.5. The van der Waals surface area contributed by atoms with Crippen LogP contribution in [0, 0.1) is 0 Å². The summed E-state index contributed by atoms with van der Waals surface area (Å²) in [6.07, 6.45) is -5.22. The lowest BCUT2D eigenvalue weighted by Gasteiger charge is -2.08. The number of halogens is 4. The van der Waals surface area contributed by atoms with Crippen LogP contribution in [0.5, 0.6) is 0 Å². The van der Waals surface area contributed by atoms with Crippen LogP contribution in [0.1, 0.15) is 23.6 Å². The Labute approximate surface area is 103 Å². The lowest BCUT2D eigenvalue weighted by Crippen LogP contribution is -2.14. The molecular formula is C9H6ClF3N2O3. The molecule has 1 atom stereocenters. The zero-order valence-corrected chi connectivity index (χ0v) is 9.67. The van der Waals surface area contributed by atoms with Gasteiger partial charge in [-0.1, -0.05) is 11.6 Å². The van der Waals surface area contributed by atoms with Gasteiger partial charge in [0.15, 0.2) is 5.69 Å². The SMILES string of the molecule is Cn1nc(C(F)(F)F)c(C2CC(=O)OC2=O)c1Cl. The topological polar surface area (TPSA) is 61.2 Å². The van der Waals surface area contributed by atoms with Gasteiger partial charge in [0.05, 0.1) is 12.3 Å². The maximum Gasteiger partial charge on any atom is 0.435 e.